The summed E-state index contributed by atoms with van der Waals surface area (Å²) in [6.45, 7) is 1.32. The number of fused-ring (bicyclic) bond motifs is 1. The second-order valence-corrected chi connectivity index (χ2v) is 4.49. The van der Waals surface area contributed by atoms with Gasteiger partial charge in [-0.25, -0.2) is 4.79 Å². The number of aromatic nitrogens is 1. The highest BCUT2D eigenvalue weighted by Gasteiger charge is 2.18. The summed E-state index contributed by atoms with van der Waals surface area (Å²) in [6, 6.07) is 7.02. The Bertz CT molecular complexity index is 604. The molecule has 2 rings (SSSR count). The minimum atomic E-state index is -1.00. The van der Waals surface area contributed by atoms with Crippen molar-refractivity contribution in [1.82, 2.24) is 10.3 Å². The summed E-state index contributed by atoms with van der Waals surface area (Å²) in [5.41, 5.74) is 2.09. The van der Waals surface area contributed by atoms with E-state index in [0.29, 0.717) is 12.8 Å². The van der Waals surface area contributed by atoms with E-state index in [1.165, 1.54) is 6.92 Å². The lowest BCUT2D eigenvalue weighted by Crippen LogP contribution is -2.39. The minimum Gasteiger partial charge on any atom is -0.480 e. The molecule has 2 aromatic rings. The van der Waals surface area contributed by atoms with Crippen LogP contribution in [0.3, 0.4) is 0 Å². The zero-order valence-electron chi connectivity index (χ0n) is 10.6. The number of amides is 1. The van der Waals surface area contributed by atoms with Crippen molar-refractivity contribution in [2.24, 2.45) is 0 Å². The number of para-hydroxylation sites is 1. The molecule has 0 aliphatic heterocycles. The Balaban J connectivity index is 2.08. The number of nitrogens with one attached hydrogen (secondary N) is 2. The smallest absolute Gasteiger partial charge is 0.326 e. The number of carboxylic acid groups (broad SMARTS) is 1. The average Bonchev–Trinajstić information content (AvgIpc) is 2.77. The number of H-pyrrole nitrogens is 1. The molecule has 0 aliphatic rings. The van der Waals surface area contributed by atoms with Crippen molar-refractivity contribution in [2.45, 2.75) is 25.8 Å². The molecule has 1 aromatic carbocycles. The second-order valence-electron chi connectivity index (χ2n) is 4.49. The third-order valence-corrected chi connectivity index (χ3v) is 3.05. The Morgan fingerprint density at radius 1 is 1.37 bits per heavy atom. The van der Waals surface area contributed by atoms with Gasteiger partial charge in [0.25, 0.3) is 0 Å². The molecule has 1 amide bonds. The highest BCUT2D eigenvalue weighted by Crippen LogP contribution is 2.19. The van der Waals surface area contributed by atoms with Crippen molar-refractivity contribution in [2.75, 3.05) is 0 Å². The van der Waals surface area contributed by atoms with Crippen LogP contribution in [0, 0.1) is 0 Å². The van der Waals surface area contributed by atoms with Crippen molar-refractivity contribution in [1.29, 1.82) is 0 Å². The van der Waals surface area contributed by atoms with Crippen LogP contribution in [0.25, 0.3) is 10.9 Å². The lowest BCUT2D eigenvalue weighted by molar-refractivity contribution is -0.141. The molecule has 1 heterocycles. The molecular weight excluding hydrogens is 244 g/mol. The number of hydrogen-bond acceptors (Lipinski definition) is 2. The highest BCUT2D eigenvalue weighted by atomic mass is 16.4. The molecule has 5 nitrogen and oxygen atoms in total. The van der Waals surface area contributed by atoms with Crippen LogP contribution in [-0.2, 0) is 16.0 Å². The van der Waals surface area contributed by atoms with Crippen molar-refractivity contribution in [3.63, 3.8) is 0 Å². The third-order valence-electron chi connectivity index (χ3n) is 3.05. The van der Waals surface area contributed by atoms with E-state index in [2.05, 4.69) is 10.3 Å². The molecule has 100 valence electrons. The van der Waals surface area contributed by atoms with Crippen LogP contribution in [-0.4, -0.2) is 28.0 Å². The Morgan fingerprint density at radius 3 is 2.79 bits per heavy atom. The van der Waals surface area contributed by atoms with Crippen molar-refractivity contribution in [3.05, 3.63) is 36.0 Å². The average molecular weight is 260 g/mol. The van der Waals surface area contributed by atoms with E-state index in [1.807, 2.05) is 30.5 Å². The Labute approximate surface area is 110 Å². The standard InChI is InChI=1S/C14H16N2O3/c1-9(17)16-13(14(18)19)7-6-10-8-15-12-5-3-2-4-11(10)12/h2-5,8,13,15H,6-7H2,1H3,(H,16,17)(H,18,19). The summed E-state index contributed by atoms with van der Waals surface area (Å²) in [5.74, 6) is -1.33. The van der Waals surface area contributed by atoms with E-state index >= 15 is 0 Å². The molecule has 0 spiro atoms. The minimum absolute atomic E-state index is 0.327. The van der Waals surface area contributed by atoms with Gasteiger partial charge in [-0.05, 0) is 24.5 Å². The quantitative estimate of drug-likeness (QED) is 0.765. The molecule has 0 radical (unpaired) electrons. The molecule has 5 heteroatoms. The van der Waals surface area contributed by atoms with Crippen LogP contribution < -0.4 is 5.32 Å². The number of carbonyl (C=O) groups excluding carboxylic acids is 1. The summed E-state index contributed by atoms with van der Waals surface area (Å²) in [4.78, 5) is 25.1. The molecule has 0 saturated heterocycles. The molecule has 0 saturated carbocycles. The fourth-order valence-corrected chi connectivity index (χ4v) is 2.14. The van der Waals surface area contributed by atoms with Crippen LogP contribution in [0.5, 0.6) is 0 Å². The summed E-state index contributed by atoms with van der Waals surface area (Å²) < 4.78 is 0. The predicted molar refractivity (Wildman–Crippen MR) is 71.9 cm³/mol. The van der Waals surface area contributed by atoms with Gasteiger partial charge in [-0.3, -0.25) is 4.79 Å². The van der Waals surface area contributed by atoms with Crippen molar-refractivity contribution < 1.29 is 14.7 Å². The number of rotatable bonds is 5. The Morgan fingerprint density at radius 2 is 2.11 bits per heavy atom. The van der Waals surface area contributed by atoms with E-state index < -0.39 is 12.0 Å². The molecule has 3 N–H and O–H groups in total. The maximum absolute atomic E-state index is 11.0. The lowest BCUT2D eigenvalue weighted by atomic mass is 10.0. The van der Waals surface area contributed by atoms with Crippen LogP contribution in [0.4, 0.5) is 0 Å². The highest BCUT2D eigenvalue weighted by molar-refractivity contribution is 5.84. The SMILES string of the molecule is CC(=O)NC(CCc1c[nH]c2ccccc12)C(=O)O. The van der Waals surface area contributed by atoms with Gasteiger partial charge in [-0.1, -0.05) is 18.2 Å². The van der Waals surface area contributed by atoms with Crippen molar-refractivity contribution >= 4 is 22.8 Å². The van der Waals surface area contributed by atoms with Crippen LogP contribution in [0.1, 0.15) is 18.9 Å². The number of carbonyl (C=O) groups is 2. The van der Waals surface area contributed by atoms with Gasteiger partial charge in [0.1, 0.15) is 6.04 Å². The third kappa shape index (κ3) is 3.13. The molecular formula is C14H16N2O3. The summed E-state index contributed by atoms with van der Waals surface area (Å²) in [7, 11) is 0. The number of aryl methyl sites for hydroxylation is 1. The molecule has 1 atom stereocenters. The molecule has 0 aliphatic carbocycles. The van der Waals surface area contributed by atoms with Gasteiger partial charge >= 0.3 is 5.97 Å². The first-order valence-corrected chi connectivity index (χ1v) is 6.13. The molecule has 1 aromatic heterocycles. The molecule has 19 heavy (non-hydrogen) atoms. The van der Waals surface area contributed by atoms with Gasteiger partial charge in [0.05, 0.1) is 0 Å². The first-order valence-electron chi connectivity index (χ1n) is 6.13. The first kappa shape index (κ1) is 13.1. The normalized spacial score (nSPS) is 12.3. The number of benzene rings is 1. The summed E-state index contributed by atoms with van der Waals surface area (Å²) in [6.07, 6.45) is 2.86. The molecule has 0 bridgehead atoms. The zero-order chi connectivity index (χ0) is 13.8. The first-order chi connectivity index (χ1) is 9.08. The van der Waals surface area contributed by atoms with Crippen LogP contribution in [0.2, 0.25) is 0 Å². The maximum atomic E-state index is 11.0. The Kier molecular flexibility index (Phi) is 3.85. The number of hydrogen-bond donors (Lipinski definition) is 3. The summed E-state index contributed by atoms with van der Waals surface area (Å²) in [5, 5.41) is 12.6. The number of aliphatic carboxylic acids is 1. The van der Waals surface area contributed by atoms with E-state index in [1.54, 1.807) is 0 Å². The monoisotopic (exact) mass is 260 g/mol. The fourth-order valence-electron chi connectivity index (χ4n) is 2.14. The van der Waals surface area contributed by atoms with Crippen molar-refractivity contribution in [3.8, 4) is 0 Å². The van der Waals surface area contributed by atoms with Crippen LogP contribution >= 0.6 is 0 Å². The fraction of sp³-hybridized carbons (Fsp3) is 0.286. The Hall–Kier alpha value is -2.30. The lowest BCUT2D eigenvalue weighted by Gasteiger charge is -2.12. The van der Waals surface area contributed by atoms with E-state index in [0.717, 1.165) is 16.5 Å². The second kappa shape index (κ2) is 5.56. The summed E-state index contributed by atoms with van der Waals surface area (Å²) >= 11 is 0. The van der Waals surface area contributed by atoms with Gasteiger partial charge in [-0.15, -0.1) is 0 Å². The van der Waals surface area contributed by atoms with Gasteiger partial charge in [0, 0.05) is 24.0 Å². The van der Waals surface area contributed by atoms with Gasteiger partial charge in [0.2, 0.25) is 5.91 Å². The number of carboxylic acids is 1. The predicted octanol–water partition coefficient (Wildman–Crippen LogP) is 1.69. The zero-order valence-corrected chi connectivity index (χ0v) is 10.6. The largest absolute Gasteiger partial charge is 0.480 e. The molecule has 1 unspecified atom stereocenters. The number of aromatic amines is 1. The van der Waals surface area contributed by atoms with Gasteiger partial charge < -0.3 is 15.4 Å². The van der Waals surface area contributed by atoms with E-state index in [9.17, 15) is 9.59 Å². The van der Waals surface area contributed by atoms with Crippen LogP contribution in [0.15, 0.2) is 30.5 Å². The van der Waals surface area contributed by atoms with E-state index in [-0.39, 0.29) is 5.91 Å². The maximum Gasteiger partial charge on any atom is 0.326 e. The topological polar surface area (TPSA) is 82.2 Å². The van der Waals surface area contributed by atoms with Gasteiger partial charge in [0.15, 0.2) is 0 Å². The van der Waals surface area contributed by atoms with E-state index in [4.69, 9.17) is 5.11 Å². The van der Waals surface area contributed by atoms with Gasteiger partial charge in [-0.2, -0.15) is 0 Å². The molecule has 0 fully saturated rings.